The fourth-order valence-corrected chi connectivity index (χ4v) is 4.32. The molecule has 0 atom stereocenters. The Bertz CT molecular complexity index is 1520. The van der Waals surface area contributed by atoms with Gasteiger partial charge in [-0.2, -0.15) is 0 Å². The van der Waals surface area contributed by atoms with E-state index in [9.17, 15) is 18.0 Å². The lowest BCUT2D eigenvalue weighted by molar-refractivity contribution is -0.111. The smallest absolute Gasteiger partial charge is 0.248 e. The van der Waals surface area contributed by atoms with Crippen molar-refractivity contribution in [3.8, 4) is 0 Å². The van der Waals surface area contributed by atoms with Gasteiger partial charge in [0.1, 0.15) is 11.8 Å². The van der Waals surface area contributed by atoms with Gasteiger partial charge < -0.3 is 9.73 Å². The van der Waals surface area contributed by atoms with Gasteiger partial charge in [-0.05, 0) is 55.0 Å². The van der Waals surface area contributed by atoms with Crippen LogP contribution in [0.1, 0.15) is 16.7 Å². The van der Waals surface area contributed by atoms with E-state index in [2.05, 4.69) is 10.0 Å². The van der Waals surface area contributed by atoms with Gasteiger partial charge in [0, 0.05) is 18.3 Å². The molecule has 1 aromatic heterocycles. The molecule has 0 saturated carbocycles. The first-order chi connectivity index (χ1) is 16.3. The number of carbonyl (C=O) groups is 1. The summed E-state index contributed by atoms with van der Waals surface area (Å²) in [5, 5.41) is 3.09. The van der Waals surface area contributed by atoms with Crippen LogP contribution in [0, 0.1) is 6.92 Å². The van der Waals surface area contributed by atoms with E-state index < -0.39 is 15.9 Å². The Hall–Kier alpha value is -4.01. The zero-order chi connectivity index (χ0) is 24.1. The third-order valence-electron chi connectivity index (χ3n) is 5.11. The SMILES string of the molecule is Cc1ccc2occ(/C=C/C(=O)Nc3ccc(S(=O)(=O)NCc4ccccc4)cc3)c(=O)c2c1. The monoisotopic (exact) mass is 474 g/mol. The summed E-state index contributed by atoms with van der Waals surface area (Å²) in [6.07, 6.45) is 3.92. The first-order valence-corrected chi connectivity index (χ1v) is 11.9. The van der Waals surface area contributed by atoms with Crippen molar-refractivity contribution in [3.63, 3.8) is 0 Å². The van der Waals surface area contributed by atoms with Crippen LogP contribution in [0.5, 0.6) is 0 Å². The molecule has 3 aromatic carbocycles. The van der Waals surface area contributed by atoms with Gasteiger partial charge in [-0.25, -0.2) is 13.1 Å². The fourth-order valence-electron chi connectivity index (χ4n) is 3.30. The van der Waals surface area contributed by atoms with Crippen molar-refractivity contribution in [3.05, 3.63) is 112 Å². The summed E-state index contributed by atoms with van der Waals surface area (Å²) < 4.78 is 33.0. The fraction of sp³-hybridized carbons (Fsp3) is 0.0769. The highest BCUT2D eigenvalue weighted by molar-refractivity contribution is 7.89. The third kappa shape index (κ3) is 5.48. The topological polar surface area (TPSA) is 105 Å². The van der Waals surface area contributed by atoms with Crippen molar-refractivity contribution < 1.29 is 17.6 Å². The first kappa shape index (κ1) is 23.2. The second kappa shape index (κ2) is 9.86. The van der Waals surface area contributed by atoms with Gasteiger partial charge in [-0.3, -0.25) is 9.59 Å². The number of carbonyl (C=O) groups excluding carboxylic acids is 1. The molecular formula is C26H22N2O5S. The summed E-state index contributed by atoms with van der Waals surface area (Å²) in [6.45, 7) is 2.06. The van der Waals surface area contributed by atoms with Gasteiger partial charge >= 0.3 is 0 Å². The standard InChI is InChI=1S/C26H22N2O5S/c1-18-7-13-24-23(15-18)26(30)20(17-33-24)8-14-25(29)28-21-9-11-22(12-10-21)34(31,32)27-16-19-5-3-2-4-6-19/h2-15,17,27H,16H2,1H3,(H,28,29)/b14-8+. The average molecular weight is 475 g/mol. The number of fused-ring (bicyclic) bond motifs is 1. The van der Waals surface area contributed by atoms with Crippen LogP contribution in [0.3, 0.4) is 0 Å². The predicted octanol–water partition coefficient (Wildman–Crippen LogP) is 4.23. The number of amides is 1. The number of rotatable bonds is 7. The van der Waals surface area contributed by atoms with E-state index >= 15 is 0 Å². The molecule has 0 fully saturated rings. The lowest BCUT2D eigenvalue weighted by Crippen LogP contribution is -2.23. The van der Waals surface area contributed by atoms with E-state index in [1.165, 1.54) is 42.7 Å². The molecule has 172 valence electrons. The number of benzene rings is 3. The van der Waals surface area contributed by atoms with Gasteiger partial charge in [0.2, 0.25) is 15.9 Å². The Morgan fingerprint density at radius 1 is 1.00 bits per heavy atom. The van der Waals surface area contributed by atoms with E-state index in [1.807, 2.05) is 43.3 Å². The van der Waals surface area contributed by atoms with Crippen LogP contribution in [0.2, 0.25) is 0 Å². The van der Waals surface area contributed by atoms with Crippen LogP contribution in [-0.2, 0) is 21.4 Å². The molecule has 0 bridgehead atoms. The van der Waals surface area contributed by atoms with Crippen molar-refractivity contribution in [1.82, 2.24) is 4.72 Å². The van der Waals surface area contributed by atoms with Crippen LogP contribution < -0.4 is 15.5 Å². The molecule has 2 N–H and O–H groups in total. The molecule has 7 nitrogen and oxygen atoms in total. The second-order valence-corrected chi connectivity index (χ2v) is 9.44. The number of hydrogen-bond donors (Lipinski definition) is 2. The molecule has 1 amide bonds. The largest absolute Gasteiger partial charge is 0.463 e. The van der Waals surface area contributed by atoms with E-state index in [0.717, 1.165) is 11.1 Å². The second-order valence-electron chi connectivity index (χ2n) is 7.68. The summed E-state index contributed by atoms with van der Waals surface area (Å²) in [5.74, 6) is -0.471. The van der Waals surface area contributed by atoms with Crippen molar-refractivity contribution in [1.29, 1.82) is 0 Å². The lowest BCUT2D eigenvalue weighted by Gasteiger charge is -2.08. The summed E-state index contributed by atoms with van der Waals surface area (Å²) in [5.41, 5.74) is 2.69. The zero-order valence-corrected chi connectivity index (χ0v) is 19.1. The van der Waals surface area contributed by atoms with Crippen LogP contribution in [0.15, 0.2) is 99.2 Å². The van der Waals surface area contributed by atoms with Crippen molar-refractivity contribution in [2.75, 3.05) is 5.32 Å². The minimum absolute atomic E-state index is 0.0843. The summed E-state index contributed by atoms with van der Waals surface area (Å²) in [7, 11) is -3.70. The van der Waals surface area contributed by atoms with E-state index in [-0.39, 0.29) is 22.4 Å². The molecular weight excluding hydrogens is 452 g/mol. The van der Waals surface area contributed by atoms with Gasteiger partial charge in [0.05, 0.1) is 15.8 Å². The van der Waals surface area contributed by atoms with Gasteiger partial charge in [-0.15, -0.1) is 0 Å². The highest BCUT2D eigenvalue weighted by atomic mass is 32.2. The number of anilines is 1. The highest BCUT2D eigenvalue weighted by Crippen LogP contribution is 2.16. The van der Waals surface area contributed by atoms with Crippen LogP contribution in [0.25, 0.3) is 17.0 Å². The summed E-state index contributed by atoms with van der Waals surface area (Å²) >= 11 is 0. The minimum Gasteiger partial charge on any atom is -0.463 e. The average Bonchev–Trinajstić information content (AvgIpc) is 2.84. The Morgan fingerprint density at radius 2 is 1.74 bits per heavy atom. The molecule has 8 heteroatoms. The molecule has 34 heavy (non-hydrogen) atoms. The maximum absolute atomic E-state index is 12.6. The molecule has 0 radical (unpaired) electrons. The molecule has 4 rings (SSSR count). The molecule has 0 saturated heterocycles. The summed E-state index contributed by atoms with van der Waals surface area (Å²) in [4.78, 5) is 25.0. The maximum Gasteiger partial charge on any atom is 0.248 e. The third-order valence-corrected chi connectivity index (χ3v) is 6.53. The zero-order valence-electron chi connectivity index (χ0n) is 18.3. The Labute approximate surface area is 196 Å². The Morgan fingerprint density at radius 3 is 2.47 bits per heavy atom. The molecule has 0 aliphatic heterocycles. The van der Waals surface area contributed by atoms with Crippen LogP contribution in [-0.4, -0.2) is 14.3 Å². The minimum atomic E-state index is -3.70. The lowest BCUT2D eigenvalue weighted by atomic mass is 10.1. The van der Waals surface area contributed by atoms with Crippen molar-refractivity contribution in [2.24, 2.45) is 0 Å². The predicted molar refractivity (Wildman–Crippen MR) is 132 cm³/mol. The van der Waals surface area contributed by atoms with Crippen molar-refractivity contribution in [2.45, 2.75) is 18.4 Å². The van der Waals surface area contributed by atoms with E-state index in [4.69, 9.17) is 4.42 Å². The molecule has 1 heterocycles. The normalized spacial score (nSPS) is 11.7. The van der Waals surface area contributed by atoms with E-state index in [1.54, 1.807) is 12.1 Å². The van der Waals surface area contributed by atoms with Gasteiger partial charge in [0.15, 0.2) is 5.43 Å². The molecule has 4 aromatic rings. The van der Waals surface area contributed by atoms with Crippen molar-refractivity contribution >= 4 is 38.7 Å². The number of aryl methyl sites for hydroxylation is 1. The van der Waals surface area contributed by atoms with Crippen LogP contribution in [0.4, 0.5) is 5.69 Å². The Balaban J connectivity index is 1.41. The van der Waals surface area contributed by atoms with Gasteiger partial charge in [-0.1, -0.05) is 42.0 Å². The van der Waals surface area contributed by atoms with Gasteiger partial charge in [0.25, 0.3) is 0 Å². The molecule has 0 spiro atoms. The number of hydrogen-bond acceptors (Lipinski definition) is 5. The van der Waals surface area contributed by atoms with E-state index in [0.29, 0.717) is 16.7 Å². The maximum atomic E-state index is 12.6. The quantitative estimate of drug-likeness (QED) is 0.390. The number of sulfonamides is 1. The molecule has 0 aliphatic carbocycles. The number of nitrogens with one attached hydrogen (secondary N) is 2. The first-order valence-electron chi connectivity index (χ1n) is 10.5. The highest BCUT2D eigenvalue weighted by Gasteiger charge is 2.13. The molecule has 0 unspecified atom stereocenters. The Kier molecular flexibility index (Phi) is 6.72. The molecule has 0 aliphatic rings. The van der Waals surface area contributed by atoms with Crippen LogP contribution >= 0.6 is 0 Å². The summed E-state index contributed by atoms with van der Waals surface area (Å²) in [6, 6.07) is 20.3.